The van der Waals surface area contributed by atoms with Crippen molar-refractivity contribution < 1.29 is 14.6 Å². The number of rotatable bonds is 3. The topological polar surface area (TPSA) is 51.5 Å². The van der Waals surface area contributed by atoms with Crippen molar-refractivity contribution in [2.45, 2.75) is 44.9 Å². The Morgan fingerprint density at radius 1 is 1.45 bits per heavy atom. The van der Waals surface area contributed by atoms with Crippen molar-refractivity contribution in [2.24, 2.45) is 0 Å². The van der Waals surface area contributed by atoms with E-state index in [1.165, 1.54) is 0 Å². The molecule has 106 valence electrons. The first-order valence-electron chi connectivity index (χ1n) is 6.95. The predicted molar refractivity (Wildman–Crippen MR) is 77.1 cm³/mol. The number of aromatic nitrogens is 1. The summed E-state index contributed by atoms with van der Waals surface area (Å²) in [5, 5.41) is 10.1. The lowest BCUT2D eigenvalue weighted by atomic mass is 10.1. The molecule has 0 aliphatic carbocycles. The van der Waals surface area contributed by atoms with E-state index in [-0.39, 0.29) is 11.7 Å². The molecule has 0 bridgehead atoms. The number of hydrogen-bond acceptors (Lipinski definition) is 2. The van der Waals surface area contributed by atoms with Crippen LogP contribution in [0.25, 0.3) is 10.9 Å². The van der Waals surface area contributed by atoms with Crippen molar-refractivity contribution in [3.63, 3.8) is 0 Å². The van der Waals surface area contributed by atoms with Crippen LogP contribution >= 0.6 is 0 Å². The molecule has 0 spiro atoms. The van der Waals surface area contributed by atoms with Crippen molar-refractivity contribution in [3.8, 4) is 0 Å². The minimum Gasteiger partial charge on any atom is -0.478 e. The molecule has 1 fully saturated rings. The minimum absolute atomic E-state index is 0.0662. The zero-order valence-corrected chi connectivity index (χ0v) is 11.8. The van der Waals surface area contributed by atoms with Crippen LogP contribution in [-0.2, 0) is 11.3 Å². The Morgan fingerprint density at radius 2 is 2.20 bits per heavy atom. The number of aromatic carboxylic acids is 1. The molecule has 1 atom stereocenters. The zero-order valence-electron chi connectivity index (χ0n) is 11.8. The van der Waals surface area contributed by atoms with Gasteiger partial charge in [0.05, 0.1) is 17.3 Å². The Balaban J connectivity index is 1.94. The van der Waals surface area contributed by atoms with Crippen LogP contribution in [0.3, 0.4) is 0 Å². The average Bonchev–Trinajstić information content (AvgIpc) is 2.91. The van der Waals surface area contributed by atoms with Crippen molar-refractivity contribution >= 4 is 16.9 Å². The van der Waals surface area contributed by atoms with E-state index in [9.17, 15) is 9.90 Å². The molecular formula is C16H19NO3. The Kier molecular flexibility index (Phi) is 3.05. The second kappa shape index (κ2) is 4.63. The van der Waals surface area contributed by atoms with Crippen molar-refractivity contribution in [1.82, 2.24) is 4.57 Å². The lowest BCUT2D eigenvalue weighted by Crippen LogP contribution is -2.22. The fourth-order valence-electron chi connectivity index (χ4n) is 2.99. The van der Waals surface area contributed by atoms with Crippen LogP contribution in [0.5, 0.6) is 0 Å². The number of carbonyl (C=O) groups is 1. The van der Waals surface area contributed by atoms with Gasteiger partial charge in [-0.15, -0.1) is 0 Å². The van der Waals surface area contributed by atoms with Gasteiger partial charge in [0.1, 0.15) is 0 Å². The summed E-state index contributed by atoms with van der Waals surface area (Å²) in [5.74, 6) is -0.882. The first-order chi connectivity index (χ1) is 9.46. The minimum atomic E-state index is -0.882. The zero-order chi connectivity index (χ0) is 14.3. The summed E-state index contributed by atoms with van der Waals surface area (Å²) in [6.45, 7) is 4.91. The van der Waals surface area contributed by atoms with Gasteiger partial charge in [-0.2, -0.15) is 0 Å². The maximum atomic E-state index is 11.3. The summed E-state index contributed by atoms with van der Waals surface area (Å²) in [7, 11) is 0. The predicted octanol–water partition coefficient (Wildman–Crippen LogP) is 3.30. The summed E-state index contributed by atoms with van der Waals surface area (Å²) in [6.07, 6.45) is 3.94. The molecule has 2 aromatic rings. The first-order valence-corrected chi connectivity index (χ1v) is 6.95. The van der Waals surface area contributed by atoms with Crippen LogP contribution in [0, 0.1) is 0 Å². The molecule has 1 aliphatic heterocycles. The number of ether oxygens (including phenoxy) is 1. The molecule has 0 radical (unpaired) electrons. The van der Waals surface area contributed by atoms with Gasteiger partial charge in [0.15, 0.2) is 0 Å². The SMILES string of the molecule is CC1(C)CCC(Cn2cc(C(=O)O)c3ccccc32)O1. The summed E-state index contributed by atoms with van der Waals surface area (Å²) >= 11 is 0. The molecule has 4 heteroatoms. The smallest absolute Gasteiger partial charge is 0.337 e. The molecule has 0 saturated carbocycles. The number of carboxylic acid groups (broad SMARTS) is 1. The van der Waals surface area contributed by atoms with Crippen molar-refractivity contribution in [1.29, 1.82) is 0 Å². The first kappa shape index (κ1) is 13.2. The number of hydrogen-bond donors (Lipinski definition) is 1. The Bertz CT molecular complexity index is 657. The van der Waals surface area contributed by atoms with Crippen LogP contribution < -0.4 is 0 Å². The Morgan fingerprint density at radius 3 is 2.85 bits per heavy atom. The quantitative estimate of drug-likeness (QED) is 0.933. The van der Waals surface area contributed by atoms with Gasteiger partial charge in [-0.05, 0) is 32.8 Å². The lowest BCUT2D eigenvalue weighted by Gasteiger charge is -2.19. The fraction of sp³-hybridized carbons (Fsp3) is 0.438. The van der Waals surface area contributed by atoms with Gasteiger partial charge in [0, 0.05) is 23.6 Å². The third-order valence-electron chi connectivity index (χ3n) is 3.97. The van der Waals surface area contributed by atoms with E-state index in [0.717, 1.165) is 23.7 Å². The Hall–Kier alpha value is -1.81. The van der Waals surface area contributed by atoms with Crippen LogP contribution in [0.15, 0.2) is 30.5 Å². The molecule has 1 N–H and O–H groups in total. The number of para-hydroxylation sites is 1. The van der Waals surface area contributed by atoms with Gasteiger partial charge >= 0.3 is 5.97 Å². The normalized spacial score (nSPS) is 21.4. The maximum absolute atomic E-state index is 11.3. The largest absolute Gasteiger partial charge is 0.478 e. The van der Waals surface area contributed by atoms with E-state index in [2.05, 4.69) is 13.8 Å². The van der Waals surface area contributed by atoms with Crippen LogP contribution in [0.4, 0.5) is 0 Å². The number of fused-ring (bicyclic) bond motifs is 1. The molecule has 3 rings (SSSR count). The van der Waals surface area contributed by atoms with Crippen LogP contribution in [0.1, 0.15) is 37.0 Å². The molecule has 1 aromatic carbocycles. The monoisotopic (exact) mass is 273 g/mol. The highest BCUT2D eigenvalue weighted by atomic mass is 16.5. The average molecular weight is 273 g/mol. The second-order valence-corrected chi connectivity index (χ2v) is 6.06. The summed E-state index contributed by atoms with van der Waals surface area (Å²) < 4.78 is 8.01. The molecule has 1 saturated heterocycles. The van der Waals surface area contributed by atoms with E-state index < -0.39 is 5.97 Å². The van der Waals surface area contributed by atoms with E-state index in [0.29, 0.717) is 12.1 Å². The highest BCUT2D eigenvalue weighted by Gasteiger charge is 2.32. The van der Waals surface area contributed by atoms with E-state index >= 15 is 0 Å². The van der Waals surface area contributed by atoms with Crippen molar-refractivity contribution in [3.05, 3.63) is 36.0 Å². The van der Waals surface area contributed by atoms with E-state index in [1.54, 1.807) is 6.20 Å². The molecule has 1 unspecified atom stereocenters. The molecular weight excluding hydrogens is 254 g/mol. The lowest BCUT2D eigenvalue weighted by molar-refractivity contribution is -0.0212. The van der Waals surface area contributed by atoms with E-state index in [1.807, 2.05) is 28.8 Å². The highest BCUT2D eigenvalue weighted by molar-refractivity contribution is 6.03. The third kappa shape index (κ3) is 2.31. The molecule has 1 aliphatic rings. The van der Waals surface area contributed by atoms with Gasteiger partial charge in [-0.25, -0.2) is 4.79 Å². The second-order valence-electron chi connectivity index (χ2n) is 6.06. The fourth-order valence-corrected chi connectivity index (χ4v) is 2.99. The molecule has 4 nitrogen and oxygen atoms in total. The molecule has 2 heterocycles. The van der Waals surface area contributed by atoms with Gasteiger partial charge < -0.3 is 14.4 Å². The molecule has 0 amide bonds. The van der Waals surface area contributed by atoms with Gasteiger partial charge in [-0.3, -0.25) is 0 Å². The van der Waals surface area contributed by atoms with Crippen LogP contribution in [-0.4, -0.2) is 27.3 Å². The third-order valence-corrected chi connectivity index (χ3v) is 3.97. The van der Waals surface area contributed by atoms with Gasteiger partial charge in [0.25, 0.3) is 0 Å². The summed E-state index contributed by atoms with van der Waals surface area (Å²) in [5.41, 5.74) is 1.25. The number of benzene rings is 1. The van der Waals surface area contributed by atoms with E-state index in [4.69, 9.17) is 4.74 Å². The number of carboxylic acids is 1. The summed E-state index contributed by atoms with van der Waals surface area (Å²) in [6, 6.07) is 7.62. The van der Waals surface area contributed by atoms with Crippen molar-refractivity contribution in [2.75, 3.05) is 0 Å². The Labute approximate surface area is 118 Å². The number of nitrogens with zero attached hydrogens (tertiary/aromatic N) is 1. The van der Waals surface area contributed by atoms with Gasteiger partial charge in [-0.1, -0.05) is 18.2 Å². The molecule has 1 aromatic heterocycles. The molecule has 20 heavy (non-hydrogen) atoms. The maximum Gasteiger partial charge on any atom is 0.337 e. The van der Waals surface area contributed by atoms with Gasteiger partial charge in [0.2, 0.25) is 0 Å². The van der Waals surface area contributed by atoms with Crippen LogP contribution in [0.2, 0.25) is 0 Å². The highest BCUT2D eigenvalue weighted by Crippen LogP contribution is 2.31. The standard InChI is InChI=1S/C16H19NO3/c1-16(2)8-7-11(20-16)9-17-10-13(15(18)19)12-5-3-4-6-14(12)17/h3-6,10-11H,7-9H2,1-2H3,(H,18,19). The summed E-state index contributed by atoms with van der Waals surface area (Å²) in [4.78, 5) is 11.3.